The maximum Gasteiger partial charge on any atom is 0.256 e. The number of nitrogens with one attached hydrogen (secondary N) is 1. The van der Waals surface area contributed by atoms with Gasteiger partial charge in [0.25, 0.3) is 5.91 Å². The first-order chi connectivity index (χ1) is 12.0. The van der Waals surface area contributed by atoms with Crippen molar-refractivity contribution in [1.82, 2.24) is 0 Å². The molecule has 0 spiro atoms. The van der Waals surface area contributed by atoms with E-state index >= 15 is 0 Å². The van der Waals surface area contributed by atoms with Crippen molar-refractivity contribution in [3.05, 3.63) is 50.4 Å². The molecule has 0 bridgehead atoms. The normalized spacial score (nSPS) is 14.4. The lowest BCUT2D eigenvalue weighted by atomic mass is 10.0. The quantitative estimate of drug-likeness (QED) is 0.591. The van der Waals surface area contributed by atoms with E-state index < -0.39 is 0 Å². The number of ether oxygens (including phenoxy) is 2. The van der Waals surface area contributed by atoms with E-state index in [9.17, 15) is 4.79 Å². The zero-order chi connectivity index (χ0) is 18.0. The van der Waals surface area contributed by atoms with Crippen molar-refractivity contribution in [2.24, 2.45) is 0 Å². The summed E-state index contributed by atoms with van der Waals surface area (Å²) in [4.78, 5) is 12.3. The van der Waals surface area contributed by atoms with Crippen LogP contribution in [-0.4, -0.2) is 19.1 Å². The van der Waals surface area contributed by atoms with Gasteiger partial charge < -0.3 is 14.8 Å². The number of anilines is 1. The van der Waals surface area contributed by atoms with E-state index in [0.717, 1.165) is 25.8 Å². The second-order valence-corrected chi connectivity index (χ2v) is 7.17. The van der Waals surface area contributed by atoms with Gasteiger partial charge in [0.2, 0.25) is 0 Å². The number of hydrogen-bond acceptors (Lipinski definition) is 3. The lowest BCUT2D eigenvalue weighted by Gasteiger charge is -2.13. The summed E-state index contributed by atoms with van der Waals surface area (Å²) in [5.41, 5.74) is 3.17. The van der Waals surface area contributed by atoms with Gasteiger partial charge in [0.05, 0.1) is 17.7 Å². The summed E-state index contributed by atoms with van der Waals surface area (Å²) >= 11 is 6.99. The number of carbonyl (C=O) groups excluding carboxylic acids is 1. The molecule has 0 saturated carbocycles. The first kappa shape index (κ1) is 18.0. The number of carbonyl (C=O) groups is 1. The minimum atomic E-state index is -0.115. The molecule has 1 heterocycles. The Hall–Kier alpha value is -1.79. The molecule has 25 heavy (non-hydrogen) atoms. The number of halogens is 2. The Morgan fingerprint density at radius 3 is 2.56 bits per heavy atom. The molecule has 6 heteroatoms. The van der Waals surface area contributed by atoms with Crippen LogP contribution in [0.2, 0.25) is 0 Å². The topological polar surface area (TPSA) is 47.6 Å². The highest BCUT2D eigenvalue weighted by atomic mass is 79.9. The highest BCUT2D eigenvalue weighted by Crippen LogP contribution is 2.39. The predicted octanol–water partition coefficient (Wildman–Crippen LogP) is 5.50. The Morgan fingerprint density at radius 2 is 1.84 bits per heavy atom. The summed E-state index contributed by atoms with van der Waals surface area (Å²) in [5.74, 6) is 1.21. The monoisotopic (exact) mass is 465 g/mol. The van der Waals surface area contributed by atoms with Gasteiger partial charge in [0, 0.05) is 21.3 Å². The van der Waals surface area contributed by atoms with Crippen molar-refractivity contribution in [3.8, 4) is 11.5 Å². The minimum Gasteiger partial charge on any atom is -0.490 e. The van der Waals surface area contributed by atoms with Crippen LogP contribution in [0.3, 0.4) is 0 Å². The predicted molar refractivity (Wildman–Crippen MR) is 107 cm³/mol. The molecule has 1 aliphatic heterocycles. The molecule has 0 aromatic heterocycles. The van der Waals surface area contributed by atoms with Crippen LogP contribution in [0.15, 0.2) is 39.3 Å². The Labute approximate surface area is 163 Å². The third-order valence-electron chi connectivity index (χ3n) is 3.70. The Bertz CT molecular complexity index is 862. The fourth-order valence-electron chi connectivity index (χ4n) is 2.69. The first-order valence-corrected chi connectivity index (χ1v) is 9.54. The molecule has 0 fully saturated rings. The molecule has 0 aliphatic carbocycles. The van der Waals surface area contributed by atoms with Crippen molar-refractivity contribution < 1.29 is 14.3 Å². The summed E-state index contributed by atoms with van der Waals surface area (Å²) in [7, 11) is 0. The Balaban J connectivity index is 2.07. The second-order valence-electron chi connectivity index (χ2n) is 5.40. The van der Waals surface area contributed by atoms with Crippen LogP contribution in [-0.2, 0) is 4.79 Å². The summed E-state index contributed by atoms with van der Waals surface area (Å²) in [6.45, 7) is 4.92. The molecule has 2 aromatic rings. The minimum absolute atomic E-state index is 0.115. The maximum absolute atomic E-state index is 12.3. The fraction of sp³-hybridized carbons (Fsp3) is 0.211. The van der Waals surface area contributed by atoms with E-state index in [1.807, 2.05) is 50.3 Å². The molecule has 0 atom stereocenters. The second kappa shape index (κ2) is 7.62. The molecule has 0 saturated heterocycles. The smallest absolute Gasteiger partial charge is 0.256 e. The molecule has 3 rings (SSSR count). The van der Waals surface area contributed by atoms with Crippen LogP contribution in [0.4, 0.5) is 5.69 Å². The molecule has 2 aromatic carbocycles. The van der Waals surface area contributed by atoms with Crippen molar-refractivity contribution in [2.45, 2.75) is 13.8 Å². The molecular formula is C19H17Br2NO3. The number of amides is 1. The number of hydrogen-bond donors (Lipinski definition) is 1. The van der Waals surface area contributed by atoms with E-state index in [2.05, 4.69) is 37.2 Å². The number of benzene rings is 2. The van der Waals surface area contributed by atoms with Crippen molar-refractivity contribution in [1.29, 1.82) is 0 Å². The molecule has 0 unspecified atom stereocenters. The van der Waals surface area contributed by atoms with E-state index in [1.54, 1.807) is 0 Å². The summed E-state index contributed by atoms with van der Waals surface area (Å²) in [6.07, 6.45) is 1.86. The van der Waals surface area contributed by atoms with Crippen molar-refractivity contribution in [3.63, 3.8) is 0 Å². The van der Waals surface area contributed by atoms with Crippen molar-refractivity contribution in [2.75, 3.05) is 18.5 Å². The molecule has 0 radical (unpaired) electrons. The molecule has 1 aliphatic rings. The van der Waals surface area contributed by atoms with Gasteiger partial charge in [-0.3, -0.25) is 4.79 Å². The van der Waals surface area contributed by atoms with E-state index in [-0.39, 0.29) is 5.91 Å². The lowest BCUT2D eigenvalue weighted by molar-refractivity contribution is -0.110. The third-order valence-corrected chi connectivity index (χ3v) is 4.78. The average molecular weight is 467 g/mol. The van der Waals surface area contributed by atoms with E-state index in [1.165, 1.54) is 0 Å². The van der Waals surface area contributed by atoms with Crippen molar-refractivity contribution >= 4 is 55.1 Å². The van der Waals surface area contributed by atoms with Gasteiger partial charge in [-0.05, 0) is 71.7 Å². The fourth-order valence-corrected chi connectivity index (χ4v) is 3.62. The SMILES string of the molecule is CCOc1cc(C=C2C(=O)Nc3ccc(Br)cc32)cc(Br)c1OCC. The highest BCUT2D eigenvalue weighted by Gasteiger charge is 2.24. The number of fused-ring (bicyclic) bond motifs is 1. The van der Waals surface area contributed by atoms with E-state index in [0.29, 0.717) is 30.3 Å². The van der Waals surface area contributed by atoms with Gasteiger partial charge in [-0.15, -0.1) is 0 Å². The Morgan fingerprint density at radius 1 is 1.08 bits per heavy atom. The first-order valence-electron chi connectivity index (χ1n) is 7.95. The van der Waals surface area contributed by atoms with Gasteiger partial charge in [-0.1, -0.05) is 15.9 Å². The molecule has 1 N–H and O–H groups in total. The van der Waals surface area contributed by atoms with Crippen LogP contribution >= 0.6 is 31.9 Å². The van der Waals surface area contributed by atoms with Crippen LogP contribution in [0.5, 0.6) is 11.5 Å². The zero-order valence-electron chi connectivity index (χ0n) is 13.9. The number of rotatable bonds is 5. The molecular weight excluding hydrogens is 450 g/mol. The largest absolute Gasteiger partial charge is 0.490 e. The molecule has 4 nitrogen and oxygen atoms in total. The van der Waals surface area contributed by atoms with Crippen LogP contribution in [0.1, 0.15) is 25.0 Å². The highest BCUT2D eigenvalue weighted by molar-refractivity contribution is 9.10. The Kier molecular flexibility index (Phi) is 5.49. The van der Waals surface area contributed by atoms with Crippen LogP contribution < -0.4 is 14.8 Å². The van der Waals surface area contributed by atoms with Gasteiger partial charge in [0.15, 0.2) is 11.5 Å². The standard InChI is InChI=1S/C19H17Br2NO3/c1-3-24-17-9-11(8-15(21)18(17)25-4-2)7-14-13-10-12(20)5-6-16(13)22-19(14)23/h5-10H,3-4H2,1-2H3,(H,22,23). The van der Waals surface area contributed by atoms with Crippen LogP contribution in [0, 0.1) is 0 Å². The maximum atomic E-state index is 12.3. The van der Waals surface area contributed by atoms with Gasteiger partial charge in [0.1, 0.15) is 0 Å². The summed E-state index contributed by atoms with van der Waals surface area (Å²) < 4.78 is 13.1. The average Bonchev–Trinajstić information content (AvgIpc) is 2.86. The van der Waals surface area contributed by atoms with Crippen LogP contribution in [0.25, 0.3) is 11.6 Å². The summed E-state index contributed by atoms with van der Waals surface area (Å²) in [5, 5.41) is 2.89. The van der Waals surface area contributed by atoms with Gasteiger partial charge in [-0.25, -0.2) is 0 Å². The molecule has 1 amide bonds. The third kappa shape index (κ3) is 3.75. The molecule has 130 valence electrons. The lowest BCUT2D eigenvalue weighted by Crippen LogP contribution is -2.03. The van der Waals surface area contributed by atoms with E-state index in [4.69, 9.17) is 9.47 Å². The van der Waals surface area contributed by atoms with Gasteiger partial charge in [-0.2, -0.15) is 0 Å². The summed E-state index contributed by atoms with van der Waals surface area (Å²) in [6, 6.07) is 9.53. The van der Waals surface area contributed by atoms with Gasteiger partial charge >= 0.3 is 0 Å². The zero-order valence-corrected chi connectivity index (χ0v) is 17.0.